The number of halogens is 2. The predicted octanol–water partition coefficient (Wildman–Crippen LogP) is 2.90. The number of amides is 1. The highest BCUT2D eigenvalue weighted by Crippen LogP contribution is 2.27. The molecule has 3 rings (SSSR count). The van der Waals surface area contributed by atoms with E-state index in [9.17, 15) is 13.6 Å². The van der Waals surface area contributed by atoms with Crippen molar-refractivity contribution < 1.29 is 23.0 Å². The molecule has 0 bridgehead atoms. The highest BCUT2D eigenvalue weighted by molar-refractivity contribution is 6.19. The van der Waals surface area contributed by atoms with E-state index in [1.807, 2.05) is 0 Å². The first kappa shape index (κ1) is 16.6. The smallest absolute Gasteiger partial charge is 0.275 e. The maximum absolute atomic E-state index is 13.4. The SMILES string of the molecule is COc1ccc(OC)c(/C=C2\N=C(c3ccc(F)c(F)c3)NC2=O)c1. The third kappa shape index (κ3) is 3.35. The number of carbonyl (C=O) groups excluding carboxylic acids is 1. The molecule has 5 nitrogen and oxygen atoms in total. The zero-order valence-electron chi connectivity index (χ0n) is 13.5. The molecule has 0 spiro atoms. The first-order valence-corrected chi connectivity index (χ1v) is 7.31. The molecule has 1 heterocycles. The van der Waals surface area contributed by atoms with Crippen molar-refractivity contribution in [2.45, 2.75) is 0 Å². The molecule has 0 aliphatic carbocycles. The van der Waals surface area contributed by atoms with Crippen molar-refractivity contribution in [2.75, 3.05) is 14.2 Å². The maximum Gasteiger partial charge on any atom is 0.275 e. The fraction of sp³-hybridized carbons (Fsp3) is 0.111. The Hall–Kier alpha value is -3.22. The van der Waals surface area contributed by atoms with Crippen LogP contribution in [-0.4, -0.2) is 26.0 Å². The molecular weight excluding hydrogens is 330 g/mol. The van der Waals surface area contributed by atoms with E-state index in [4.69, 9.17) is 9.47 Å². The Balaban J connectivity index is 2.00. The number of benzene rings is 2. The third-order valence-corrected chi connectivity index (χ3v) is 3.62. The van der Waals surface area contributed by atoms with Gasteiger partial charge in [0.1, 0.15) is 23.0 Å². The Kier molecular flexibility index (Phi) is 4.47. The van der Waals surface area contributed by atoms with E-state index in [0.717, 1.165) is 12.1 Å². The second-order valence-corrected chi connectivity index (χ2v) is 5.18. The topological polar surface area (TPSA) is 59.9 Å². The maximum atomic E-state index is 13.4. The first-order chi connectivity index (χ1) is 12.0. The molecule has 1 aliphatic rings. The predicted molar refractivity (Wildman–Crippen MR) is 88.6 cm³/mol. The van der Waals surface area contributed by atoms with Gasteiger partial charge in [-0.2, -0.15) is 0 Å². The quantitative estimate of drug-likeness (QED) is 0.868. The van der Waals surface area contributed by atoms with Crippen molar-refractivity contribution in [3.05, 3.63) is 64.9 Å². The molecule has 2 aromatic rings. The fourth-order valence-corrected chi connectivity index (χ4v) is 2.35. The molecule has 1 amide bonds. The van der Waals surface area contributed by atoms with Crippen LogP contribution in [0.25, 0.3) is 6.08 Å². The number of aliphatic imine (C=N–C) groups is 1. The molecule has 2 aromatic carbocycles. The number of ether oxygens (including phenoxy) is 2. The molecule has 0 unspecified atom stereocenters. The van der Waals surface area contributed by atoms with Crippen molar-refractivity contribution in [1.29, 1.82) is 0 Å². The number of carbonyl (C=O) groups is 1. The summed E-state index contributed by atoms with van der Waals surface area (Å²) >= 11 is 0. The second-order valence-electron chi connectivity index (χ2n) is 5.18. The Morgan fingerprint density at radius 3 is 2.52 bits per heavy atom. The lowest BCUT2D eigenvalue weighted by atomic mass is 10.1. The molecule has 1 aliphatic heterocycles. The number of rotatable bonds is 4. The van der Waals surface area contributed by atoms with Crippen LogP contribution in [0.15, 0.2) is 47.1 Å². The highest BCUT2D eigenvalue weighted by Gasteiger charge is 2.22. The Bertz CT molecular complexity index is 907. The van der Waals surface area contributed by atoms with E-state index in [1.54, 1.807) is 18.2 Å². The van der Waals surface area contributed by atoms with Crippen LogP contribution in [0.1, 0.15) is 11.1 Å². The summed E-state index contributed by atoms with van der Waals surface area (Å²) in [5.74, 6) is -1.15. The van der Waals surface area contributed by atoms with Gasteiger partial charge in [-0.05, 0) is 42.5 Å². The highest BCUT2D eigenvalue weighted by atomic mass is 19.2. The molecule has 7 heteroatoms. The summed E-state index contributed by atoms with van der Waals surface area (Å²) in [5, 5.41) is 2.53. The Morgan fingerprint density at radius 2 is 1.84 bits per heavy atom. The van der Waals surface area contributed by atoms with Gasteiger partial charge in [0.05, 0.1) is 14.2 Å². The molecule has 0 atom stereocenters. The number of hydrogen-bond acceptors (Lipinski definition) is 4. The van der Waals surface area contributed by atoms with Crippen molar-refractivity contribution in [2.24, 2.45) is 4.99 Å². The largest absolute Gasteiger partial charge is 0.497 e. The van der Waals surface area contributed by atoms with Gasteiger partial charge in [-0.15, -0.1) is 0 Å². The van der Waals surface area contributed by atoms with E-state index in [1.165, 1.54) is 26.4 Å². The molecule has 1 N–H and O–H groups in total. The van der Waals surface area contributed by atoms with Crippen LogP contribution in [0.2, 0.25) is 0 Å². The summed E-state index contributed by atoms with van der Waals surface area (Å²) in [4.78, 5) is 16.3. The Morgan fingerprint density at radius 1 is 1.04 bits per heavy atom. The van der Waals surface area contributed by atoms with E-state index in [0.29, 0.717) is 17.1 Å². The second kappa shape index (κ2) is 6.72. The van der Waals surface area contributed by atoms with Gasteiger partial charge in [-0.1, -0.05) is 0 Å². The average Bonchev–Trinajstić information content (AvgIpc) is 2.98. The van der Waals surface area contributed by atoms with Gasteiger partial charge in [-0.3, -0.25) is 4.79 Å². The zero-order valence-corrected chi connectivity index (χ0v) is 13.5. The van der Waals surface area contributed by atoms with Crippen LogP contribution < -0.4 is 14.8 Å². The monoisotopic (exact) mass is 344 g/mol. The molecular formula is C18H14F2N2O3. The lowest BCUT2D eigenvalue weighted by Crippen LogP contribution is -2.24. The number of hydrogen-bond donors (Lipinski definition) is 1. The Labute approximate surface area is 142 Å². The number of nitrogens with zero attached hydrogens (tertiary/aromatic N) is 1. The summed E-state index contributed by atoms with van der Waals surface area (Å²) in [5.41, 5.74) is 0.988. The molecule has 128 valence electrons. The van der Waals surface area contributed by atoms with Gasteiger partial charge in [0.15, 0.2) is 11.6 Å². The first-order valence-electron chi connectivity index (χ1n) is 7.31. The lowest BCUT2D eigenvalue weighted by Gasteiger charge is -2.07. The standard InChI is InChI=1S/C18H14F2N2O3/c1-24-12-4-6-16(25-2)11(7-12)9-15-18(23)22-17(21-15)10-3-5-13(19)14(20)8-10/h3-9H,1-2H3,(H,21,22,23)/b15-9-. The van der Waals surface area contributed by atoms with Gasteiger partial charge in [-0.25, -0.2) is 13.8 Å². The molecule has 0 saturated carbocycles. The fourth-order valence-electron chi connectivity index (χ4n) is 2.35. The van der Waals surface area contributed by atoms with Crippen LogP contribution in [0.4, 0.5) is 8.78 Å². The molecule has 0 aromatic heterocycles. The van der Waals surface area contributed by atoms with Gasteiger partial charge in [0.2, 0.25) is 0 Å². The van der Waals surface area contributed by atoms with E-state index in [2.05, 4.69) is 10.3 Å². The van der Waals surface area contributed by atoms with Crippen LogP contribution >= 0.6 is 0 Å². The summed E-state index contributed by atoms with van der Waals surface area (Å²) in [7, 11) is 3.04. The van der Waals surface area contributed by atoms with Crippen LogP contribution in [0.3, 0.4) is 0 Å². The minimum absolute atomic E-state index is 0.117. The minimum Gasteiger partial charge on any atom is -0.497 e. The van der Waals surface area contributed by atoms with Gasteiger partial charge < -0.3 is 14.8 Å². The summed E-state index contributed by atoms with van der Waals surface area (Å²) in [6.45, 7) is 0. The van der Waals surface area contributed by atoms with Crippen LogP contribution in [0.5, 0.6) is 11.5 Å². The zero-order chi connectivity index (χ0) is 18.0. The van der Waals surface area contributed by atoms with E-state index < -0.39 is 17.5 Å². The molecule has 0 fully saturated rings. The normalized spacial score (nSPS) is 15.1. The molecule has 0 radical (unpaired) electrons. The number of nitrogens with one attached hydrogen (secondary N) is 1. The summed E-state index contributed by atoms with van der Waals surface area (Å²) < 4.78 is 36.8. The van der Waals surface area contributed by atoms with Crippen molar-refractivity contribution in [1.82, 2.24) is 5.32 Å². The summed E-state index contributed by atoms with van der Waals surface area (Å²) in [6, 6.07) is 8.43. The van der Waals surface area contributed by atoms with Crippen molar-refractivity contribution in [3.8, 4) is 11.5 Å². The van der Waals surface area contributed by atoms with E-state index in [-0.39, 0.29) is 17.1 Å². The van der Waals surface area contributed by atoms with Crippen molar-refractivity contribution >= 4 is 17.8 Å². The third-order valence-electron chi connectivity index (χ3n) is 3.62. The van der Waals surface area contributed by atoms with Crippen LogP contribution in [0, 0.1) is 11.6 Å². The van der Waals surface area contributed by atoms with Crippen molar-refractivity contribution in [3.63, 3.8) is 0 Å². The minimum atomic E-state index is -1.01. The van der Waals surface area contributed by atoms with Gasteiger partial charge in [0, 0.05) is 11.1 Å². The molecule has 25 heavy (non-hydrogen) atoms. The van der Waals surface area contributed by atoms with E-state index >= 15 is 0 Å². The van der Waals surface area contributed by atoms with Gasteiger partial charge >= 0.3 is 0 Å². The number of amidine groups is 1. The molecule has 0 saturated heterocycles. The number of methoxy groups -OCH3 is 2. The van der Waals surface area contributed by atoms with Gasteiger partial charge in [0.25, 0.3) is 5.91 Å². The summed E-state index contributed by atoms with van der Waals surface area (Å²) in [6.07, 6.45) is 1.53. The van der Waals surface area contributed by atoms with Crippen LogP contribution in [-0.2, 0) is 4.79 Å². The lowest BCUT2D eigenvalue weighted by molar-refractivity contribution is -0.115. The average molecular weight is 344 g/mol.